The third-order valence-electron chi connectivity index (χ3n) is 7.24. The van der Waals surface area contributed by atoms with Gasteiger partial charge in [0.15, 0.2) is 0 Å². The van der Waals surface area contributed by atoms with Gasteiger partial charge in [-0.15, -0.1) is 0 Å². The minimum absolute atomic E-state index is 0.0404. The van der Waals surface area contributed by atoms with Crippen molar-refractivity contribution in [1.82, 2.24) is 15.4 Å². The number of aliphatic hydroxyl groups is 1. The molecule has 0 heterocycles. The smallest absolute Gasteiger partial charge is 0.251 e. The van der Waals surface area contributed by atoms with Crippen LogP contribution in [0, 0.1) is 0 Å². The van der Waals surface area contributed by atoms with Crippen LogP contribution in [0.3, 0.4) is 0 Å². The van der Waals surface area contributed by atoms with Gasteiger partial charge < -0.3 is 15.7 Å². The number of fused-ring (bicyclic) bond motifs is 1. The summed E-state index contributed by atoms with van der Waals surface area (Å²) in [5, 5.41) is 19.1. The van der Waals surface area contributed by atoms with Crippen molar-refractivity contribution in [2.24, 2.45) is 0 Å². The van der Waals surface area contributed by atoms with Crippen LogP contribution in [0.2, 0.25) is 0 Å². The number of benzene rings is 4. The first-order valence-corrected chi connectivity index (χ1v) is 18.2. The van der Waals surface area contributed by atoms with E-state index < -0.39 is 50.5 Å². The predicted molar refractivity (Wildman–Crippen MR) is 182 cm³/mol. The lowest BCUT2D eigenvalue weighted by Gasteiger charge is -2.28. The SMILES string of the molecule is CC(C)(C)NC(=O)c1ccccc1C[C@@H](O)[C@H](Cc1ccccc1)NC(=O)[C@H](CS(=O)c1ccc2ccccc2c1)NS(C)(=O)=O. The molecule has 0 aromatic heterocycles. The summed E-state index contributed by atoms with van der Waals surface area (Å²) in [5.74, 6) is -1.33. The molecule has 4 aromatic carbocycles. The lowest BCUT2D eigenvalue weighted by molar-refractivity contribution is -0.123. The summed E-state index contributed by atoms with van der Waals surface area (Å²) < 4.78 is 40.4. The van der Waals surface area contributed by atoms with Gasteiger partial charge >= 0.3 is 0 Å². The number of carbonyl (C=O) groups is 2. The Balaban J connectivity index is 1.59. The van der Waals surface area contributed by atoms with Crippen molar-refractivity contribution in [3.63, 3.8) is 0 Å². The van der Waals surface area contributed by atoms with Crippen molar-refractivity contribution in [1.29, 1.82) is 0 Å². The first-order valence-electron chi connectivity index (χ1n) is 15.0. The highest BCUT2D eigenvalue weighted by Crippen LogP contribution is 2.20. The van der Waals surface area contributed by atoms with Gasteiger partial charge in [-0.3, -0.25) is 13.8 Å². The largest absolute Gasteiger partial charge is 0.391 e. The van der Waals surface area contributed by atoms with Crippen LogP contribution in [0.25, 0.3) is 10.8 Å². The molecule has 4 rings (SSSR count). The van der Waals surface area contributed by atoms with Crippen LogP contribution in [0.5, 0.6) is 0 Å². The van der Waals surface area contributed by atoms with E-state index >= 15 is 0 Å². The third kappa shape index (κ3) is 10.3. The molecule has 244 valence electrons. The van der Waals surface area contributed by atoms with E-state index in [1.165, 1.54) is 0 Å². The second-order valence-electron chi connectivity index (χ2n) is 12.4. The number of sulfonamides is 1. The van der Waals surface area contributed by atoms with Crippen LogP contribution in [0.1, 0.15) is 42.3 Å². The second-order valence-corrected chi connectivity index (χ2v) is 15.7. The van der Waals surface area contributed by atoms with Gasteiger partial charge in [0.1, 0.15) is 6.04 Å². The van der Waals surface area contributed by atoms with Crippen molar-refractivity contribution in [2.45, 2.75) is 62.2 Å². The lowest BCUT2D eigenvalue weighted by Crippen LogP contribution is -2.55. The fourth-order valence-corrected chi connectivity index (χ4v) is 7.13. The van der Waals surface area contributed by atoms with E-state index in [2.05, 4.69) is 15.4 Å². The fraction of sp³-hybridized carbons (Fsp3) is 0.314. The Morgan fingerprint density at radius 2 is 1.48 bits per heavy atom. The molecule has 0 fully saturated rings. The summed E-state index contributed by atoms with van der Waals surface area (Å²) in [4.78, 5) is 27.3. The van der Waals surface area contributed by atoms with E-state index in [-0.39, 0.29) is 24.5 Å². The second kappa shape index (κ2) is 15.1. The Bertz CT molecular complexity index is 1810. The Labute approximate surface area is 273 Å². The van der Waals surface area contributed by atoms with E-state index in [0.29, 0.717) is 16.0 Å². The van der Waals surface area contributed by atoms with E-state index in [0.717, 1.165) is 22.6 Å². The van der Waals surface area contributed by atoms with Crippen LogP contribution in [0.15, 0.2) is 102 Å². The summed E-state index contributed by atoms with van der Waals surface area (Å²) in [7, 11) is -5.61. The van der Waals surface area contributed by atoms with Crippen molar-refractivity contribution in [3.8, 4) is 0 Å². The van der Waals surface area contributed by atoms with Crippen molar-refractivity contribution >= 4 is 43.4 Å². The van der Waals surface area contributed by atoms with Gasteiger partial charge in [-0.2, -0.15) is 0 Å². The highest BCUT2D eigenvalue weighted by molar-refractivity contribution is 7.89. The Hall–Kier alpha value is -3.90. The van der Waals surface area contributed by atoms with E-state index in [1.54, 1.807) is 36.4 Å². The van der Waals surface area contributed by atoms with E-state index in [4.69, 9.17) is 0 Å². The van der Waals surface area contributed by atoms with Crippen LogP contribution < -0.4 is 15.4 Å². The number of hydrogen-bond acceptors (Lipinski definition) is 6. The van der Waals surface area contributed by atoms with Crippen molar-refractivity contribution < 1.29 is 27.3 Å². The molecule has 0 saturated heterocycles. The first-order chi connectivity index (χ1) is 21.7. The number of carbonyl (C=O) groups excluding carboxylic acids is 2. The molecule has 0 aliphatic heterocycles. The summed E-state index contributed by atoms with van der Waals surface area (Å²) in [6.07, 6.45) is 0.0437. The molecular formula is C35H41N3O6S2. The highest BCUT2D eigenvalue weighted by atomic mass is 32.2. The number of rotatable bonds is 13. The zero-order valence-electron chi connectivity index (χ0n) is 26.4. The summed E-state index contributed by atoms with van der Waals surface area (Å²) in [5.41, 5.74) is 1.36. The molecule has 0 aliphatic rings. The molecule has 0 aliphatic carbocycles. The van der Waals surface area contributed by atoms with Gasteiger partial charge in [-0.1, -0.05) is 78.9 Å². The van der Waals surface area contributed by atoms with Gasteiger partial charge in [-0.25, -0.2) is 13.1 Å². The van der Waals surface area contributed by atoms with E-state index in [9.17, 15) is 27.3 Å². The molecule has 4 atom stereocenters. The molecule has 0 bridgehead atoms. The van der Waals surface area contributed by atoms with Crippen molar-refractivity contribution in [3.05, 3.63) is 114 Å². The zero-order valence-corrected chi connectivity index (χ0v) is 28.0. The highest BCUT2D eigenvalue weighted by Gasteiger charge is 2.30. The minimum atomic E-state index is -3.88. The average molecular weight is 664 g/mol. The van der Waals surface area contributed by atoms with Gasteiger partial charge in [0.2, 0.25) is 15.9 Å². The Kier molecular flexibility index (Phi) is 11.5. The van der Waals surface area contributed by atoms with Crippen LogP contribution in [-0.4, -0.2) is 65.3 Å². The number of aliphatic hydroxyl groups excluding tert-OH is 1. The molecule has 0 radical (unpaired) electrons. The van der Waals surface area contributed by atoms with Gasteiger partial charge in [0.05, 0.1) is 35.0 Å². The fourth-order valence-electron chi connectivity index (χ4n) is 5.11. The first kappa shape index (κ1) is 35.0. The van der Waals surface area contributed by atoms with Gasteiger partial charge in [0.25, 0.3) is 5.91 Å². The molecule has 0 spiro atoms. The topological polar surface area (TPSA) is 142 Å². The molecular weight excluding hydrogens is 623 g/mol. The molecule has 9 nitrogen and oxygen atoms in total. The monoisotopic (exact) mass is 663 g/mol. The molecule has 1 unspecified atom stereocenters. The minimum Gasteiger partial charge on any atom is -0.391 e. The Morgan fingerprint density at radius 1 is 0.848 bits per heavy atom. The maximum atomic E-state index is 13.7. The lowest BCUT2D eigenvalue weighted by atomic mass is 9.93. The molecule has 11 heteroatoms. The van der Waals surface area contributed by atoms with Crippen LogP contribution in [0.4, 0.5) is 0 Å². The summed E-state index contributed by atoms with van der Waals surface area (Å²) in [6, 6.07) is 26.8. The maximum absolute atomic E-state index is 13.7. The third-order valence-corrected chi connectivity index (χ3v) is 9.37. The standard InChI is InChI=1S/C35H41N3O6S2/c1-35(2,3)37-33(40)29-17-11-10-16-27(29)22-32(39)30(20-24-12-6-5-7-13-24)36-34(41)31(38-46(4,43)44)23-45(42)28-19-18-25-14-8-9-15-26(25)21-28/h5-19,21,30-32,38-39H,20,22-23H2,1-4H3,(H,36,41)(H,37,40)/t30-,31-,32+,45?/m0/s1. The quantitative estimate of drug-likeness (QED) is 0.172. The molecule has 4 N–H and O–H groups in total. The number of hydrogen-bond donors (Lipinski definition) is 4. The number of nitrogens with one attached hydrogen (secondary N) is 3. The van der Waals surface area contributed by atoms with E-state index in [1.807, 2.05) is 81.4 Å². The normalized spacial score (nSPS) is 14.6. The van der Waals surface area contributed by atoms with Crippen LogP contribution in [-0.2, 0) is 38.5 Å². The molecule has 4 aromatic rings. The summed E-state index contributed by atoms with van der Waals surface area (Å²) in [6.45, 7) is 5.63. The van der Waals surface area contributed by atoms with Crippen LogP contribution >= 0.6 is 0 Å². The van der Waals surface area contributed by atoms with Gasteiger partial charge in [-0.05, 0) is 67.3 Å². The van der Waals surface area contributed by atoms with Gasteiger partial charge in [0, 0.05) is 22.4 Å². The zero-order chi connectivity index (χ0) is 33.5. The number of amides is 2. The molecule has 46 heavy (non-hydrogen) atoms. The Morgan fingerprint density at radius 3 is 2.15 bits per heavy atom. The average Bonchev–Trinajstić information content (AvgIpc) is 2.99. The maximum Gasteiger partial charge on any atom is 0.251 e. The summed E-state index contributed by atoms with van der Waals surface area (Å²) >= 11 is 0. The predicted octanol–water partition coefficient (Wildman–Crippen LogP) is 3.72. The molecule has 0 saturated carbocycles. The molecule has 2 amide bonds. The van der Waals surface area contributed by atoms with Crippen molar-refractivity contribution in [2.75, 3.05) is 12.0 Å².